The summed E-state index contributed by atoms with van der Waals surface area (Å²) in [5.74, 6) is 2.06. The second-order valence-corrected chi connectivity index (χ2v) is 7.07. The van der Waals surface area contributed by atoms with Crippen molar-refractivity contribution in [3.8, 4) is 5.75 Å². The van der Waals surface area contributed by atoms with Gasteiger partial charge in [0.25, 0.3) is 0 Å². The predicted molar refractivity (Wildman–Crippen MR) is 107 cm³/mol. The highest BCUT2D eigenvalue weighted by molar-refractivity contribution is 5.84. The Morgan fingerprint density at radius 2 is 2.11 bits per heavy atom. The molecule has 0 saturated carbocycles. The van der Waals surface area contributed by atoms with E-state index in [2.05, 4.69) is 10.3 Å². The second kappa shape index (κ2) is 10.8. The van der Waals surface area contributed by atoms with Crippen LogP contribution in [-0.2, 0) is 9.53 Å². The molecule has 150 valence electrons. The van der Waals surface area contributed by atoms with Crippen LogP contribution in [-0.4, -0.2) is 82.3 Å². The number of ether oxygens (including phenoxy) is 2. The van der Waals surface area contributed by atoms with Crippen molar-refractivity contribution in [2.24, 2.45) is 10.9 Å². The molecular weight excluding hydrogens is 344 g/mol. The predicted octanol–water partition coefficient (Wildman–Crippen LogP) is 1.38. The number of guanidine groups is 1. The maximum Gasteiger partial charge on any atom is 0.243 e. The van der Waals surface area contributed by atoms with Crippen molar-refractivity contribution in [2.75, 3.05) is 60.6 Å². The van der Waals surface area contributed by atoms with Gasteiger partial charge in [0.05, 0.1) is 13.2 Å². The molecule has 0 spiro atoms. The highest BCUT2D eigenvalue weighted by atomic mass is 16.5. The maximum absolute atomic E-state index is 11.9. The number of hydrogen-bond donors (Lipinski definition) is 1. The summed E-state index contributed by atoms with van der Waals surface area (Å²) in [6.45, 7) is 5.74. The SMILES string of the molecule is Cc1ccccc1OCCN(C)C(=NCC(=O)N(C)C)NCC1CCOC1. The zero-order chi connectivity index (χ0) is 19.6. The second-order valence-electron chi connectivity index (χ2n) is 7.07. The Kier molecular flexibility index (Phi) is 8.39. The number of nitrogens with zero attached hydrogens (tertiary/aromatic N) is 3. The Hall–Kier alpha value is -2.28. The molecule has 0 aromatic heterocycles. The van der Waals surface area contributed by atoms with E-state index < -0.39 is 0 Å². The number of likely N-dealkylation sites (N-methyl/N-ethyl adjacent to an activating group) is 2. The summed E-state index contributed by atoms with van der Waals surface area (Å²) in [4.78, 5) is 19.9. The first-order valence-corrected chi connectivity index (χ1v) is 9.43. The van der Waals surface area contributed by atoms with E-state index in [4.69, 9.17) is 9.47 Å². The lowest BCUT2D eigenvalue weighted by molar-refractivity contribution is -0.127. The van der Waals surface area contributed by atoms with Crippen LogP contribution in [0.4, 0.5) is 0 Å². The Morgan fingerprint density at radius 1 is 1.33 bits per heavy atom. The van der Waals surface area contributed by atoms with Crippen LogP contribution in [0, 0.1) is 12.8 Å². The van der Waals surface area contributed by atoms with Gasteiger partial charge in [0, 0.05) is 40.2 Å². The van der Waals surface area contributed by atoms with E-state index in [0.717, 1.165) is 37.5 Å². The van der Waals surface area contributed by atoms with Crippen LogP contribution in [0.1, 0.15) is 12.0 Å². The van der Waals surface area contributed by atoms with Crippen LogP contribution in [0.15, 0.2) is 29.3 Å². The molecule has 1 aromatic rings. The molecule has 1 saturated heterocycles. The largest absolute Gasteiger partial charge is 0.491 e. The molecule has 0 bridgehead atoms. The molecule has 1 aromatic carbocycles. The van der Waals surface area contributed by atoms with E-state index in [1.165, 1.54) is 0 Å². The number of carbonyl (C=O) groups is 1. The number of aliphatic imine (C=N–C) groups is 1. The summed E-state index contributed by atoms with van der Waals surface area (Å²) in [6, 6.07) is 7.97. The minimum absolute atomic E-state index is 0.0249. The fourth-order valence-electron chi connectivity index (χ4n) is 2.69. The molecule has 2 rings (SSSR count). The van der Waals surface area contributed by atoms with Gasteiger partial charge >= 0.3 is 0 Å². The van der Waals surface area contributed by atoms with Crippen molar-refractivity contribution in [1.29, 1.82) is 0 Å². The first kappa shape index (κ1) is 21.0. The van der Waals surface area contributed by atoms with Crippen LogP contribution in [0.3, 0.4) is 0 Å². The Morgan fingerprint density at radius 3 is 2.78 bits per heavy atom. The summed E-state index contributed by atoms with van der Waals surface area (Å²) >= 11 is 0. The molecule has 1 aliphatic rings. The van der Waals surface area contributed by atoms with Crippen molar-refractivity contribution < 1.29 is 14.3 Å². The monoisotopic (exact) mass is 376 g/mol. The Labute approximate surface area is 162 Å². The van der Waals surface area contributed by atoms with E-state index in [1.807, 2.05) is 43.1 Å². The van der Waals surface area contributed by atoms with Gasteiger partial charge in [-0.05, 0) is 25.0 Å². The Bertz CT molecular complexity index is 627. The van der Waals surface area contributed by atoms with Crippen LogP contribution < -0.4 is 10.1 Å². The third kappa shape index (κ3) is 7.09. The summed E-state index contributed by atoms with van der Waals surface area (Å²) in [5, 5.41) is 3.39. The van der Waals surface area contributed by atoms with Crippen molar-refractivity contribution in [2.45, 2.75) is 13.3 Å². The first-order chi connectivity index (χ1) is 13.0. The van der Waals surface area contributed by atoms with E-state index in [0.29, 0.717) is 25.0 Å². The zero-order valence-corrected chi connectivity index (χ0v) is 16.9. The minimum Gasteiger partial charge on any atom is -0.491 e. The molecule has 27 heavy (non-hydrogen) atoms. The molecule has 1 N–H and O–H groups in total. The highest BCUT2D eigenvalue weighted by Gasteiger charge is 2.17. The first-order valence-electron chi connectivity index (χ1n) is 9.43. The lowest BCUT2D eigenvalue weighted by atomic mass is 10.1. The zero-order valence-electron chi connectivity index (χ0n) is 16.9. The normalized spacial score (nSPS) is 16.9. The number of carbonyl (C=O) groups excluding carboxylic acids is 1. The van der Waals surface area contributed by atoms with Crippen molar-refractivity contribution in [3.63, 3.8) is 0 Å². The number of nitrogens with one attached hydrogen (secondary N) is 1. The average molecular weight is 377 g/mol. The molecule has 1 fully saturated rings. The fourth-order valence-corrected chi connectivity index (χ4v) is 2.69. The molecule has 1 heterocycles. The van der Waals surface area contributed by atoms with Gasteiger partial charge in [-0.25, -0.2) is 4.99 Å². The van der Waals surface area contributed by atoms with Gasteiger partial charge in [0.2, 0.25) is 5.91 Å². The maximum atomic E-state index is 11.9. The number of para-hydroxylation sites is 1. The number of rotatable bonds is 8. The third-order valence-electron chi connectivity index (χ3n) is 4.58. The van der Waals surface area contributed by atoms with Gasteiger partial charge in [-0.3, -0.25) is 4.79 Å². The fraction of sp³-hybridized carbons (Fsp3) is 0.600. The van der Waals surface area contributed by atoms with Crippen LogP contribution in [0.5, 0.6) is 5.75 Å². The van der Waals surface area contributed by atoms with Crippen LogP contribution in [0.2, 0.25) is 0 Å². The molecule has 0 radical (unpaired) electrons. The molecule has 7 nitrogen and oxygen atoms in total. The van der Waals surface area contributed by atoms with E-state index in [9.17, 15) is 4.79 Å². The van der Waals surface area contributed by atoms with Crippen molar-refractivity contribution >= 4 is 11.9 Å². The molecule has 1 atom stereocenters. The van der Waals surface area contributed by atoms with Gasteiger partial charge in [-0.15, -0.1) is 0 Å². The molecule has 0 aliphatic carbocycles. The quantitative estimate of drug-likeness (QED) is 0.548. The topological polar surface area (TPSA) is 66.4 Å². The molecule has 1 unspecified atom stereocenters. The summed E-state index contributed by atoms with van der Waals surface area (Å²) in [7, 11) is 5.43. The van der Waals surface area contributed by atoms with Gasteiger partial charge < -0.3 is 24.6 Å². The number of benzene rings is 1. The van der Waals surface area contributed by atoms with Gasteiger partial charge in [-0.1, -0.05) is 18.2 Å². The molecule has 1 amide bonds. The van der Waals surface area contributed by atoms with Crippen molar-refractivity contribution in [1.82, 2.24) is 15.1 Å². The summed E-state index contributed by atoms with van der Waals surface area (Å²) in [5.41, 5.74) is 1.12. The van der Waals surface area contributed by atoms with Crippen molar-refractivity contribution in [3.05, 3.63) is 29.8 Å². The number of aryl methyl sites for hydroxylation is 1. The average Bonchev–Trinajstić information content (AvgIpc) is 3.16. The lowest BCUT2D eigenvalue weighted by Gasteiger charge is -2.24. The van der Waals surface area contributed by atoms with Crippen LogP contribution >= 0.6 is 0 Å². The summed E-state index contributed by atoms with van der Waals surface area (Å²) in [6.07, 6.45) is 1.05. The third-order valence-corrected chi connectivity index (χ3v) is 4.58. The van der Waals surface area contributed by atoms with E-state index in [-0.39, 0.29) is 12.5 Å². The van der Waals surface area contributed by atoms with Gasteiger partial charge in [-0.2, -0.15) is 0 Å². The molecule has 1 aliphatic heterocycles. The lowest BCUT2D eigenvalue weighted by Crippen LogP contribution is -2.43. The standard InChI is InChI=1S/C20H32N4O3/c1-16-7-5-6-8-18(16)27-12-10-24(4)20(22-14-19(25)23(2)3)21-13-17-9-11-26-15-17/h5-8,17H,9-15H2,1-4H3,(H,21,22). The number of amides is 1. The molecule has 7 heteroatoms. The van der Waals surface area contributed by atoms with Gasteiger partial charge in [0.15, 0.2) is 5.96 Å². The molecular formula is C20H32N4O3. The summed E-state index contributed by atoms with van der Waals surface area (Å²) < 4.78 is 11.3. The van der Waals surface area contributed by atoms with Gasteiger partial charge in [0.1, 0.15) is 18.9 Å². The Balaban J connectivity index is 1.89. The number of hydrogen-bond acceptors (Lipinski definition) is 4. The minimum atomic E-state index is -0.0249. The smallest absolute Gasteiger partial charge is 0.243 e. The van der Waals surface area contributed by atoms with E-state index in [1.54, 1.807) is 19.0 Å². The van der Waals surface area contributed by atoms with Crippen LogP contribution in [0.25, 0.3) is 0 Å². The highest BCUT2D eigenvalue weighted by Crippen LogP contribution is 2.16. The van der Waals surface area contributed by atoms with E-state index >= 15 is 0 Å².